The standard InChI is InChI=1S/C26H32N4O3/c1-30-13-10-17(14-22(30)25-28-20-7-6-19(32-2)15-21(20)29-25)4-8-23(31)26(11-12-26)18-5-9-24(33-3)27-16-18/h5-7,9,15-17,22H,4,8,10-14H2,1-3H3,(H,28,29). The van der Waals surface area contributed by atoms with Gasteiger partial charge in [0.05, 0.1) is 36.7 Å². The van der Waals surface area contributed by atoms with Gasteiger partial charge >= 0.3 is 0 Å². The highest BCUT2D eigenvalue weighted by molar-refractivity contribution is 5.93. The number of ketones is 1. The van der Waals surface area contributed by atoms with Crippen molar-refractivity contribution in [3.05, 3.63) is 47.9 Å². The molecule has 2 fully saturated rings. The predicted molar refractivity (Wildman–Crippen MR) is 127 cm³/mol. The highest BCUT2D eigenvalue weighted by atomic mass is 16.5. The van der Waals surface area contributed by atoms with Gasteiger partial charge in [-0.25, -0.2) is 9.97 Å². The molecule has 2 atom stereocenters. The van der Waals surface area contributed by atoms with Crippen LogP contribution in [0.2, 0.25) is 0 Å². The second-order valence-electron chi connectivity index (χ2n) is 9.53. The van der Waals surface area contributed by atoms with Gasteiger partial charge in [-0.15, -0.1) is 0 Å². The summed E-state index contributed by atoms with van der Waals surface area (Å²) in [7, 11) is 5.44. The van der Waals surface area contributed by atoms with Gasteiger partial charge < -0.3 is 14.5 Å². The Balaban J connectivity index is 1.24. The quantitative estimate of drug-likeness (QED) is 0.549. The first-order chi connectivity index (χ1) is 16.0. The molecule has 2 unspecified atom stereocenters. The van der Waals surface area contributed by atoms with Gasteiger partial charge in [-0.3, -0.25) is 9.69 Å². The van der Waals surface area contributed by atoms with Gasteiger partial charge in [-0.05, 0) is 69.3 Å². The number of hydrogen-bond donors (Lipinski definition) is 1. The maximum Gasteiger partial charge on any atom is 0.212 e. The van der Waals surface area contributed by atoms with E-state index in [1.165, 1.54) is 0 Å². The number of nitrogens with zero attached hydrogens (tertiary/aromatic N) is 3. The number of nitrogens with one attached hydrogen (secondary N) is 1. The lowest BCUT2D eigenvalue weighted by molar-refractivity contribution is -0.121. The van der Waals surface area contributed by atoms with Crippen molar-refractivity contribution in [2.75, 3.05) is 27.8 Å². The van der Waals surface area contributed by atoms with Crippen LogP contribution in [0.25, 0.3) is 11.0 Å². The number of carbonyl (C=O) groups excluding carboxylic acids is 1. The van der Waals surface area contributed by atoms with E-state index in [0.717, 1.165) is 66.8 Å². The number of fused-ring (bicyclic) bond motifs is 1. The number of Topliss-reactive ketones (excluding diaryl/α,β-unsaturated/α-hetero) is 1. The Hall–Kier alpha value is -2.93. The fraction of sp³-hybridized carbons (Fsp3) is 0.500. The average molecular weight is 449 g/mol. The number of benzene rings is 1. The molecule has 2 aliphatic rings. The molecule has 1 aliphatic heterocycles. The van der Waals surface area contributed by atoms with E-state index < -0.39 is 0 Å². The summed E-state index contributed by atoms with van der Waals surface area (Å²) in [6.07, 6.45) is 7.36. The number of aromatic nitrogens is 3. The summed E-state index contributed by atoms with van der Waals surface area (Å²) < 4.78 is 10.5. The first-order valence-electron chi connectivity index (χ1n) is 11.8. The van der Waals surface area contributed by atoms with E-state index in [-0.39, 0.29) is 11.5 Å². The van der Waals surface area contributed by atoms with Crippen molar-refractivity contribution in [1.29, 1.82) is 0 Å². The largest absolute Gasteiger partial charge is 0.497 e. The Morgan fingerprint density at radius 2 is 2.06 bits per heavy atom. The Labute approximate surface area is 194 Å². The van der Waals surface area contributed by atoms with Crippen molar-refractivity contribution < 1.29 is 14.3 Å². The maximum absolute atomic E-state index is 13.2. The smallest absolute Gasteiger partial charge is 0.212 e. The maximum atomic E-state index is 13.2. The van der Waals surface area contributed by atoms with Crippen LogP contribution in [-0.2, 0) is 10.2 Å². The van der Waals surface area contributed by atoms with Crippen LogP contribution in [0, 0.1) is 5.92 Å². The zero-order valence-electron chi connectivity index (χ0n) is 19.6. The lowest BCUT2D eigenvalue weighted by Gasteiger charge is -2.36. The average Bonchev–Trinajstić information content (AvgIpc) is 3.56. The summed E-state index contributed by atoms with van der Waals surface area (Å²) in [5.41, 5.74) is 2.67. The number of methoxy groups -OCH3 is 2. The number of H-pyrrole nitrogens is 1. The van der Waals surface area contributed by atoms with E-state index in [0.29, 0.717) is 24.0 Å². The van der Waals surface area contributed by atoms with Crippen LogP contribution >= 0.6 is 0 Å². The fourth-order valence-electron chi connectivity index (χ4n) is 5.24. The first-order valence-corrected chi connectivity index (χ1v) is 11.8. The molecule has 7 nitrogen and oxygen atoms in total. The number of likely N-dealkylation sites (tertiary alicyclic amines) is 1. The number of imidazole rings is 1. The summed E-state index contributed by atoms with van der Waals surface area (Å²) >= 11 is 0. The van der Waals surface area contributed by atoms with Crippen molar-refractivity contribution in [3.63, 3.8) is 0 Å². The highest BCUT2D eigenvalue weighted by Gasteiger charge is 2.50. The van der Waals surface area contributed by atoms with Gasteiger partial charge in [-0.1, -0.05) is 6.07 Å². The van der Waals surface area contributed by atoms with Crippen LogP contribution in [0.1, 0.15) is 56.0 Å². The van der Waals surface area contributed by atoms with Crippen molar-refractivity contribution in [2.24, 2.45) is 5.92 Å². The van der Waals surface area contributed by atoms with Gasteiger partial charge in [0.2, 0.25) is 5.88 Å². The van der Waals surface area contributed by atoms with Gasteiger partial charge in [-0.2, -0.15) is 0 Å². The third-order valence-corrected chi connectivity index (χ3v) is 7.56. The third-order valence-electron chi connectivity index (χ3n) is 7.56. The Kier molecular flexibility index (Phi) is 5.83. The minimum atomic E-state index is -0.318. The number of hydrogen-bond acceptors (Lipinski definition) is 6. The molecule has 1 aromatic carbocycles. The van der Waals surface area contributed by atoms with E-state index in [2.05, 4.69) is 21.9 Å². The van der Waals surface area contributed by atoms with Gasteiger partial charge in [0.15, 0.2) is 0 Å². The highest BCUT2D eigenvalue weighted by Crippen LogP contribution is 2.50. The molecule has 1 aliphatic carbocycles. The van der Waals surface area contributed by atoms with Gasteiger partial charge in [0.1, 0.15) is 17.4 Å². The molecule has 174 valence electrons. The van der Waals surface area contributed by atoms with Crippen molar-refractivity contribution in [3.8, 4) is 11.6 Å². The zero-order valence-corrected chi connectivity index (χ0v) is 19.6. The lowest BCUT2D eigenvalue weighted by atomic mass is 9.83. The summed E-state index contributed by atoms with van der Waals surface area (Å²) in [6, 6.07) is 10.0. The SMILES string of the molecule is COc1ccc2[nH]c(C3CC(CCC(=O)C4(c5ccc(OC)nc5)CC4)CCN3C)nc2c1. The summed E-state index contributed by atoms with van der Waals surface area (Å²) in [5, 5.41) is 0. The van der Waals surface area contributed by atoms with E-state index in [1.807, 2.05) is 36.5 Å². The summed E-state index contributed by atoms with van der Waals surface area (Å²) in [6.45, 7) is 1.01. The second-order valence-corrected chi connectivity index (χ2v) is 9.53. The molecule has 5 rings (SSSR count). The zero-order chi connectivity index (χ0) is 23.0. The molecule has 3 heterocycles. The normalized spacial score (nSPS) is 22.3. The molecule has 33 heavy (non-hydrogen) atoms. The minimum absolute atomic E-state index is 0.234. The molecule has 0 amide bonds. The Morgan fingerprint density at radius 1 is 1.21 bits per heavy atom. The molecule has 3 aromatic rings. The number of ether oxygens (including phenoxy) is 2. The molecule has 2 aromatic heterocycles. The molecule has 0 radical (unpaired) electrons. The topological polar surface area (TPSA) is 80.3 Å². The fourth-order valence-corrected chi connectivity index (χ4v) is 5.24. The van der Waals surface area contributed by atoms with Crippen molar-refractivity contribution in [2.45, 2.75) is 50.0 Å². The molecule has 0 bridgehead atoms. The van der Waals surface area contributed by atoms with E-state index >= 15 is 0 Å². The molecule has 1 saturated carbocycles. The molecule has 1 saturated heterocycles. The number of aromatic amines is 1. The summed E-state index contributed by atoms with van der Waals surface area (Å²) in [4.78, 5) is 28.3. The number of pyridine rings is 1. The van der Waals surface area contributed by atoms with Crippen LogP contribution in [0.4, 0.5) is 0 Å². The van der Waals surface area contributed by atoms with Crippen molar-refractivity contribution >= 4 is 16.8 Å². The molecule has 0 spiro atoms. The van der Waals surface area contributed by atoms with E-state index in [1.54, 1.807) is 14.2 Å². The number of rotatable bonds is 8. The second kappa shape index (κ2) is 8.78. The monoisotopic (exact) mass is 448 g/mol. The van der Waals surface area contributed by atoms with Crippen molar-refractivity contribution in [1.82, 2.24) is 19.9 Å². The third kappa shape index (κ3) is 4.22. The van der Waals surface area contributed by atoms with Crippen LogP contribution in [0.5, 0.6) is 11.6 Å². The Morgan fingerprint density at radius 3 is 2.76 bits per heavy atom. The number of carbonyl (C=O) groups is 1. The van der Waals surface area contributed by atoms with Crippen LogP contribution < -0.4 is 9.47 Å². The van der Waals surface area contributed by atoms with Gasteiger partial charge in [0.25, 0.3) is 0 Å². The van der Waals surface area contributed by atoms with Crippen LogP contribution in [-0.4, -0.2) is 53.4 Å². The summed E-state index contributed by atoms with van der Waals surface area (Å²) in [5.74, 6) is 3.28. The molecular formula is C26H32N4O3. The number of piperidine rings is 1. The van der Waals surface area contributed by atoms with Crippen LogP contribution in [0.3, 0.4) is 0 Å². The Bertz CT molecular complexity index is 1140. The molecule has 7 heteroatoms. The first kappa shape index (κ1) is 21.9. The van der Waals surface area contributed by atoms with Crippen LogP contribution in [0.15, 0.2) is 36.5 Å². The van der Waals surface area contributed by atoms with E-state index in [4.69, 9.17) is 14.5 Å². The molecular weight excluding hydrogens is 416 g/mol. The lowest BCUT2D eigenvalue weighted by Crippen LogP contribution is -2.35. The minimum Gasteiger partial charge on any atom is -0.497 e. The molecule has 1 N–H and O–H groups in total. The van der Waals surface area contributed by atoms with Gasteiger partial charge in [0, 0.05) is 24.8 Å². The predicted octanol–water partition coefficient (Wildman–Crippen LogP) is 4.44. The van der Waals surface area contributed by atoms with E-state index in [9.17, 15) is 4.79 Å².